The number of aromatic carboxylic acids is 1. The Balaban J connectivity index is 2.29. The van der Waals surface area contributed by atoms with Crippen LogP contribution in [0.5, 0.6) is 0 Å². The summed E-state index contributed by atoms with van der Waals surface area (Å²) in [5, 5.41) is 19.6. The zero-order chi connectivity index (χ0) is 15.3. The summed E-state index contributed by atoms with van der Waals surface area (Å²) in [7, 11) is 0. The van der Waals surface area contributed by atoms with Crippen LogP contribution in [0.3, 0.4) is 0 Å². The van der Waals surface area contributed by atoms with Gasteiger partial charge in [0.05, 0.1) is 11.4 Å². The third-order valence-electron chi connectivity index (χ3n) is 3.28. The maximum atomic E-state index is 11.6. The molecule has 0 bridgehead atoms. The first-order valence-corrected chi connectivity index (χ1v) is 6.15. The quantitative estimate of drug-likeness (QED) is 0.696. The lowest BCUT2D eigenvalue weighted by Crippen LogP contribution is -2.15. The van der Waals surface area contributed by atoms with Gasteiger partial charge in [-0.1, -0.05) is 0 Å². The van der Waals surface area contributed by atoms with E-state index in [1.165, 1.54) is 9.08 Å². The lowest BCUT2D eigenvalue weighted by molar-refractivity contribution is 0.0695. The fourth-order valence-electron chi connectivity index (χ4n) is 2.37. The average molecular weight is 288 g/mol. The SMILES string of the molecule is Cc1nn(-c2cc3n[nH]c(=O)n3c(C)n2)c(C)c1C(=O)O. The highest BCUT2D eigenvalue weighted by molar-refractivity contribution is 5.90. The van der Waals surface area contributed by atoms with Crippen LogP contribution in [0.1, 0.15) is 27.6 Å². The predicted molar refractivity (Wildman–Crippen MR) is 71.9 cm³/mol. The van der Waals surface area contributed by atoms with Crippen LogP contribution in [0.2, 0.25) is 0 Å². The van der Waals surface area contributed by atoms with Gasteiger partial charge in [0.15, 0.2) is 11.5 Å². The van der Waals surface area contributed by atoms with Gasteiger partial charge in [0.2, 0.25) is 0 Å². The molecule has 0 saturated carbocycles. The van der Waals surface area contributed by atoms with Crippen LogP contribution in [0.15, 0.2) is 10.9 Å². The summed E-state index contributed by atoms with van der Waals surface area (Å²) in [5.41, 5.74) is 1.04. The first-order valence-electron chi connectivity index (χ1n) is 6.15. The van der Waals surface area contributed by atoms with Crippen molar-refractivity contribution >= 4 is 11.6 Å². The van der Waals surface area contributed by atoms with Gasteiger partial charge in [0.1, 0.15) is 11.4 Å². The van der Waals surface area contributed by atoms with Crippen molar-refractivity contribution < 1.29 is 9.90 Å². The van der Waals surface area contributed by atoms with E-state index in [0.717, 1.165) is 0 Å². The number of hydrogen-bond donors (Lipinski definition) is 2. The third kappa shape index (κ3) is 1.82. The van der Waals surface area contributed by atoms with Crippen molar-refractivity contribution in [1.29, 1.82) is 0 Å². The summed E-state index contributed by atoms with van der Waals surface area (Å²) in [6.45, 7) is 4.94. The van der Waals surface area contributed by atoms with Crippen molar-refractivity contribution in [2.45, 2.75) is 20.8 Å². The minimum absolute atomic E-state index is 0.147. The number of nitrogens with one attached hydrogen (secondary N) is 1. The lowest BCUT2D eigenvalue weighted by atomic mass is 10.2. The fraction of sp³-hybridized carbons (Fsp3) is 0.250. The summed E-state index contributed by atoms with van der Waals surface area (Å²) in [6, 6.07) is 1.57. The Morgan fingerprint density at radius 2 is 2.05 bits per heavy atom. The van der Waals surface area contributed by atoms with Gasteiger partial charge in [-0.15, -0.1) is 0 Å². The fourth-order valence-corrected chi connectivity index (χ4v) is 2.37. The van der Waals surface area contributed by atoms with Gasteiger partial charge < -0.3 is 5.11 Å². The third-order valence-corrected chi connectivity index (χ3v) is 3.28. The molecule has 0 aliphatic rings. The van der Waals surface area contributed by atoms with Crippen molar-refractivity contribution in [2.24, 2.45) is 0 Å². The average Bonchev–Trinajstić information content (AvgIpc) is 2.90. The normalized spacial score (nSPS) is 11.2. The van der Waals surface area contributed by atoms with Crippen LogP contribution >= 0.6 is 0 Å². The van der Waals surface area contributed by atoms with E-state index in [1.54, 1.807) is 26.8 Å². The molecule has 21 heavy (non-hydrogen) atoms. The summed E-state index contributed by atoms with van der Waals surface area (Å²) >= 11 is 0. The molecule has 3 aromatic heterocycles. The zero-order valence-electron chi connectivity index (χ0n) is 11.6. The van der Waals surface area contributed by atoms with Crippen molar-refractivity contribution in [2.75, 3.05) is 0 Å². The molecule has 3 heterocycles. The molecule has 0 unspecified atom stereocenters. The molecule has 0 saturated heterocycles. The predicted octanol–water partition coefficient (Wildman–Crippen LogP) is 0.227. The van der Waals surface area contributed by atoms with Gasteiger partial charge in [-0.3, -0.25) is 0 Å². The molecule has 0 atom stereocenters. The van der Waals surface area contributed by atoms with Crippen molar-refractivity contribution in [3.05, 3.63) is 39.3 Å². The smallest absolute Gasteiger partial charge is 0.349 e. The van der Waals surface area contributed by atoms with E-state index in [2.05, 4.69) is 20.3 Å². The minimum Gasteiger partial charge on any atom is -0.478 e. The molecule has 3 rings (SSSR count). The molecule has 108 valence electrons. The number of fused-ring (bicyclic) bond motifs is 1. The first-order chi connectivity index (χ1) is 9.90. The molecule has 9 nitrogen and oxygen atoms in total. The number of carboxylic acids is 1. The Morgan fingerprint density at radius 1 is 1.33 bits per heavy atom. The number of nitrogens with zero attached hydrogens (tertiary/aromatic N) is 5. The summed E-state index contributed by atoms with van der Waals surface area (Å²) in [4.78, 5) is 27.1. The van der Waals surface area contributed by atoms with Gasteiger partial charge >= 0.3 is 11.7 Å². The molecule has 0 spiro atoms. The highest BCUT2D eigenvalue weighted by atomic mass is 16.4. The van der Waals surface area contributed by atoms with Crippen LogP contribution in [0.4, 0.5) is 0 Å². The van der Waals surface area contributed by atoms with E-state index in [4.69, 9.17) is 0 Å². The summed E-state index contributed by atoms with van der Waals surface area (Å²) in [5.74, 6) is -0.192. The van der Waals surface area contributed by atoms with E-state index >= 15 is 0 Å². The van der Waals surface area contributed by atoms with Gasteiger partial charge in [-0.25, -0.2) is 28.8 Å². The minimum atomic E-state index is -1.04. The zero-order valence-corrected chi connectivity index (χ0v) is 11.6. The number of carboxylic acid groups (broad SMARTS) is 1. The molecule has 9 heteroatoms. The van der Waals surface area contributed by atoms with Crippen LogP contribution < -0.4 is 5.69 Å². The number of aryl methyl sites for hydroxylation is 2. The van der Waals surface area contributed by atoms with E-state index < -0.39 is 5.97 Å². The monoisotopic (exact) mass is 288 g/mol. The Hall–Kier alpha value is -2.97. The van der Waals surface area contributed by atoms with Crippen LogP contribution in [0.25, 0.3) is 11.5 Å². The number of aromatic nitrogens is 6. The van der Waals surface area contributed by atoms with Gasteiger partial charge in [0.25, 0.3) is 0 Å². The molecule has 0 fully saturated rings. The Labute approximate surface area is 117 Å². The second-order valence-electron chi connectivity index (χ2n) is 4.65. The van der Waals surface area contributed by atoms with Gasteiger partial charge in [-0.05, 0) is 20.8 Å². The molecule has 0 aliphatic heterocycles. The second kappa shape index (κ2) is 4.27. The van der Waals surface area contributed by atoms with E-state index in [1.807, 2.05) is 0 Å². The van der Waals surface area contributed by atoms with E-state index in [0.29, 0.717) is 28.7 Å². The van der Waals surface area contributed by atoms with Crippen molar-refractivity contribution in [3.63, 3.8) is 0 Å². The molecule has 2 N–H and O–H groups in total. The largest absolute Gasteiger partial charge is 0.478 e. The summed E-state index contributed by atoms with van der Waals surface area (Å²) < 4.78 is 2.76. The number of H-pyrrole nitrogens is 1. The Bertz CT molecular complexity index is 933. The van der Waals surface area contributed by atoms with E-state index in [-0.39, 0.29) is 11.3 Å². The van der Waals surface area contributed by atoms with Gasteiger partial charge in [0, 0.05) is 6.07 Å². The molecule has 3 aromatic rings. The number of hydrogen-bond acceptors (Lipinski definition) is 5. The standard InChI is InChI=1S/C12H12N6O3/c1-5-10(11(19)20)6(2)18(16-5)8-4-9-14-15-12(21)17(9)7(3)13-8/h4H,1-3H3,(H,15,21)(H,19,20). The number of aromatic amines is 1. The van der Waals surface area contributed by atoms with Crippen molar-refractivity contribution in [1.82, 2.24) is 29.4 Å². The van der Waals surface area contributed by atoms with Crippen LogP contribution in [-0.2, 0) is 0 Å². The maximum absolute atomic E-state index is 11.6. The molecule has 0 radical (unpaired) electrons. The first kappa shape index (κ1) is 13.0. The Morgan fingerprint density at radius 3 is 2.67 bits per heavy atom. The van der Waals surface area contributed by atoms with Crippen molar-refractivity contribution in [3.8, 4) is 5.82 Å². The topological polar surface area (TPSA) is 118 Å². The molecule has 0 amide bonds. The highest BCUT2D eigenvalue weighted by Gasteiger charge is 2.20. The van der Waals surface area contributed by atoms with Crippen LogP contribution in [-0.4, -0.2) is 40.4 Å². The Kier molecular flexibility index (Phi) is 2.65. The highest BCUT2D eigenvalue weighted by Crippen LogP contribution is 2.17. The second-order valence-corrected chi connectivity index (χ2v) is 4.65. The number of carbonyl (C=O) groups is 1. The molecular formula is C12H12N6O3. The van der Waals surface area contributed by atoms with E-state index in [9.17, 15) is 14.7 Å². The van der Waals surface area contributed by atoms with Crippen LogP contribution in [0, 0.1) is 20.8 Å². The summed E-state index contributed by atoms with van der Waals surface area (Å²) in [6.07, 6.45) is 0. The lowest BCUT2D eigenvalue weighted by Gasteiger charge is -2.05. The van der Waals surface area contributed by atoms with Gasteiger partial charge in [-0.2, -0.15) is 10.2 Å². The molecule has 0 aromatic carbocycles. The maximum Gasteiger partial charge on any atom is 0.349 e. The molecular weight excluding hydrogens is 276 g/mol. The molecule has 0 aliphatic carbocycles. The number of rotatable bonds is 2.